The first-order valence-electron chi connectivity index (χ1n) is 8.24. The third-order valence-corrected chi connectivity index (χ3v) is 6.52. The second-order valence-corrected chi connectivity index (χ2v) is 7.94. The maximum atomic E-state index is 12.5. The summed E-state index contributed by atoms with van der Waals surface area (Å²) in [4.78, 5) is 14.2. The molecule has 3 atom stereocenters. The molecule has 2 heterocycles. The second kappa shape index (κ2) is 6.02. The largest absolute Gasteiger partial charge is 0.445 e. The molecule has 0 spiro atoms. The predicted octanol–water partition coefficient (Wildman–Crippen LogP) is 1.51. The summed E-state index contributed by atoms with van der Waals surface area (Å²) >= 11 is 0. The van der Waals surface area contributed by atoms with E-state index in [9.17, 15) is 13.2 Å². The molecular weight excluding hydrogens is 332 g/mol. The molecule has 0 bridgehead atoms. The van der Waals surface area contributed by atoms with Crippen LogP contribution >= 0.6 is 0 Å². The quantitative estimate of drug-likeness (QED) is 0.806. The Morgan fingerprint density at radius 2 is 2.00 bits per heavy atom. The number of hydrogen-bond acceptors (Lipinski definition) is 5. The van der Waals surface area contributed by atoms with E-state index in [0.717, 1.165) is 18.4 Å². The normalized spacial score (nSPS) is 31.5. The first kappa shape index (κ1) is 15.9. The first-order valence-corrected chi connectivity index (χ1v) is 9.60. The van der Waals surface area contributed by atoms with Gasteiger partial charge in [0.25, 0.3) is 0 Å². The fourth-order valence-electron chi connectivity index (χ4n) is 3.96. The van der Waals surface area contributed by atoms with Gasteiger partial charge in [0, 0.05) is 13.1 Å². The Morgan fingerprint density at radius 3 is 2.79 bits per heavy atom. The van der Waals surface area contributed by atoms with E-state index in [2.05, 4.69) is 0 Å². The minimum atomic E-state index is -3.65. The fraction of sp³-hybridized carbons (Fsp3) is 0.562. The lowest BCUT2D eigenvalue weighted by Crippen LogP contribution is -2.63. The average molecular weight is 352 g/mol. The molecule has 1 saturated carbocycles. The van der Waals surface area contributed by atoms with Crippen molar-refractivity contribution >= 4 is 16.4 Å². The SMILES string of the molecule is O=C(OCc1ccccc1)N1CCN2[C@H]3[C@H](CCC[C@H]31)OS2(=O)=O. The highest BCUT2D eigenvalue weighted by atomic mass is 32.2. The van der Waals surface area contributed by atoms with Gasteiger partial charge in [-0.15, -0.1) is 0 Å². The van der Waals surface area contributed by atoms with Crippen molar-refractivity contribution in [2.24, 2.45) is 0 Å². The zero-order valence-electron chi connectivity index (χ0n) is 13.2. The number of ether oxygens (including phenoxy) is 1. The summed E-state index contributed by atoms with van der Waals surface area (Å²) in [7, 11) is -3.65. The monoisotopic (exact) mass is 352 g/mol. The van der Waals surface area contributed by atoms with E-state index in [1.54, 1.807) is 4.90 Å². The van der Waals surface area contributed by atoms with Gasteiger partial charge in [0.2, 0.25) is 0 Å². The molecule has 1 aromatic carbocycles. The van der Waals surface area contributed by atoms with E-state index in [0.29, 0.717) is 13.0 Å². The Morgan fingerprint density at radius 1 is 1.21 bits per heavy atom. The molecule has 130 valence electrons. The molecule has 0 radical (unpaired) electrons. The Kier molecular flexibility index (Phi) is 3.98. The van der Waals surface area contributed by atoms with Gasteiger partial charge in [-0.1, -0.05) is 30.3 Å². The highest BCUT2D eigenvalue weighted by molar-refractivity contribution is 7.84. The fourth-order valence-corrected chi connectivity index (χ4v) is 5.48. The molecule has 7 nitrogen and oxygen atoms in total. The van der Waals surface area contributed by atoms with Gasteiger partial charge in [-0.05, 0) is 24.8 Å². The van der Waals surface area contributed by atoms with E-state index in [1.807, 2.05) is 30.3 Å². The number of amides is 1. The number of benzene rings is 1. The standard InChI is InChI=1S/C16H20N2O5S/c19-16(22-11-12-5-2-1-3-6-12)17-9-10-18-15-13(17)7-4-8-14(15)23-24(18,20)21/h1-3,5-6,13-15H,4,7-11H2/t13-,14+,15-/m1/s1. The number of nitrogens with zero attached hydrogens (tertiary/aromatic N) is 2. The lowest BCUT2D eigenvalue weighted by atomic mass is 9.85. The van der Waals surface area contributed by atoms with Gasteiger partial charge in [-0.3, -0.25) is 4.18 Å². The van der Waals surface area contributed by atoms with Crippen LogP contribution in [0.3, 0.4) is 0 Å². The van der Waals surface area contributed by atoms with E-state index in [-0.39, 0.29) is 37.4 Å². The Balaban J connectivity index is 1.48. The van der Waals surface area contributed by atoms with Gasteiger partial charge in [0.1, 0.15) is 6.61 Å². The van der Waals surface area contributed by atoms with Crippen LogP contribution in [0.4, 0.5) is 4.79 Å². The molecule has 2 aliphatic heterocycles. The molecule has 0 N–H and O–H groups in total. The number of piperazine rings is 1. The first-order chi connectivity index (χ1) is 11.6. The van der Waals surface area contributed by atoms with Crippen LogP contribution in [0.2, 0.25) is 0 Å². The minimum absolute atomic E-state index is 0.168. The second-order valence-electron chi connectivity index (χ2n) is 6.43. The highest BCUT2D eigenvalue weighted by Gasteiger charge is 2.55. The Hall–Kier alpha value is -1.64. The van der Waals surface area contributed by atoms with Crippen LogP contribution in [0.5, 0.6) is 0 Å². The van der Waals surface area contributed by atoms with Crippen molar-refractivity contribution in [1.29, 1.82) is 0 Å². The third kappa shape index (κ3) is 2.68. The van der Waals surface area contributed by atoms with Gasteiger partial charge >= 0.3 is 16.4 Å². The van der Waals surface area contributed by atoms with E-state index in [4.69, 9.17) is 8.92 Å². The summed E-state index contributed by atoms with van der Waals surface area (Å²) in [5.74, 6) is 0. The molecule has 4 rings (SSSR count). The van der Waals surface area contributed by atoms with E-state index in [1.165, 1.54) is 4.31 Å². The molecule has 3 fully saturated rings. The molecule has 8 heteroatoms. The summed E-state index contributed by atoms with van der Waals surface area (Å²) in [6.07, 6.45) is 1.60. The van der Waals surface area contributed by atoms with Crippen LogP contribution in [0.15, 0.2) is 30.3 Å². The zero-order valence-corrected chi connectivity index (χ0v) is 14.0. The Labute approximate surface area is 141 Å². The van der Waals surface area contributed by atoms with Crippen LogP contribution in [0, 0.1) is 0 Å². The van der Waals surface area contributed by atoms with Crippen molar-refractivity contribution in [3.05, 3.63) is 35.9 Å². The molecule has 1 aromatic rings. The van der Waals surface area contributed by atoms with E-state index < -0.39 is 10.3 Å². The molecule has 2 saturated heterocycles. The minimum Gasteiger partial charge on any atom is -0.445 e. The van der Waals surface area contributed by atoms with Crippen LogP contribution in [0.25, 0.3) is 0 Å². The van der Waals surface area contributed by atoms with Crippen LogP contribution in [-0.4, -0.2) is 55.0 Å². The maximum absolute atomic E-state index is 12.5. The van der Waals surface area contributed by atoms with Gasteiger partial charge in [0.15, 0.2) is 0 Å². The van der Waals surface area contributed by atoms with Crippen molar-refractivity contribution in [3.8, 4) is 0 Å². The van der Waals surface area contributed by atoms with Gasteiger partial charge < -0.3 is 9.64 Å². The van der Waals surface area contributed by atoms with E-state index >= 15 is 0 Å². The highest BCUT2D eigenvalue weighted by Crippen LogP contribution is 2.39. The van der Waals surface area contributed by atoms with Gasteiger partial charge in [-0.25, -0.2) is 4.79 Å². The predicted molar refractivity (Wildman–Crippen MR) is 85.3 cm³/mol. The summed E-state index contributed by atoms with van der Waals surface area (Å²) < 4.78 is 36.3. The summed E-state index contributed by atoms with van der Waals surface area (Å²) in [5, 5.41) is 0. The maximum Gasteiger partial charge on any atom is 0.410 e. The number of carbonyl (C=O) groups is 1. The van der Waals surface area contributed by atoms with Gasteiger partial charge in [0.05, 0.1) is 18.2 Å². The van der Waals surface area contributed by atoms with Crippen LogP contribution in [0.1, 0.15) is 24.8 Å². The summed E-state index contributed by atoms with van der Waals surface area (Å²) in [6, 6.07) is 9.06. The van der Waals surface area contributed by atoms with Crippen molar-refractivity contribution in [3.63, 3.8) is 0 Å². The van der Waals surface area contributed by atoms with Crippen molar-refractivity contribution in [2.75, 3.05) is 13.1 Å². The molecule has 0 unspecified atom stereocenters. The average Bonchev–Trinajstić information content (AvgIpc) is 2.86. The lowest BCUT2D eigenvalue weighted by molar-refractivity contribution is 0.00548. The summed E-state index contributed by atoms with van der Waals surface area (Å²) in [6.45, 7) is 0.819. The van der Waals surface area contributed by atoms with Crippen molar-refractivity contribution in [1.82, 2.24) is 9.21 Å². The molecule has 1 aliphatic carbocycles. The summed E-state index contributed by atoms with van der Waals surface area (Å²) in [5.41, 5.74) is 0.929. The number of hydrogen-bond donors (Lipinski definition) is 0. The molecule has 0 aromatic heterocycles. The Bertz CT molecular complexity index is 723. The van der Waals surface area contributed by atoms with Crippen molar-refractivity contribution < 1.29 is 22.1 Å². The topological polar surface area (TPSA) is 76.2 Å². The van der Waals surface area contributed by atoms with Gasteiger partial charge in [-0.2, -0.15) is 12.7 Å². The molecular formula is C16H20N2O5S. The molecule has 24 heavy (non-hydrogen) atoms. The van der Waals surface area contributed by atoms with Crippen LogP contribution in [-0.2, 0) is 25.8 Å². The third-order valence-electron chi connectivity index (χ3n) is 5.03. The zero-order chi connectivity index (χ0) is 16.7. The lowest BCUT2D eigenvalue weighted by Gasteiger charge is -2.45. The molecule has 1 amide bonds. The van der Waals surface area contributed by atoms with Crippen LogP contribution < -0.4 is 0 Å². The number of rotatable bonds is 2. The number of carbonyl (C=O) groups excluding carboxylic acids is 1. The molecule has 3 aliphatic rings. The van der Waals surface area contributed by atoms with Crippen molar-refractivity contribution in [2.45, 2.75) is 44.1 Å². The smallest absolute Gasteiger partial charge is 0.410 e.